The zero-order valence-electron chi connectivity index (χ0n) is 8.33. The van der Waals surface area contributed by atoms with Crippen molar-refractivity contribution in [3.8, 4) is 0 Å². The van der Waals surface area contributed by atoms with Crippen LogP contribution in [0.5, 0.6) is 0 Å². The Morgan fingerprint density at radius 2 is 2.08 bits per heavy atom. The van der Waals surface area contributed by atoms with Crippen molar-refractivity contribution in [2.24, 2.45) is 5.16 Å². The Kier molecular flexibility index (Phi) is 3.07. The molecule has 0 saturated heterocycles. The van der Waals surface area contributed by atoms with E-state index in [4.69, 9.17) is 5.21 Å². The minimum atomic E-state index is 0.748. The minimum absolute atomic E-state index is 0.748. The van der Waals surface area contributed by atoms with E-state index in [1.165, 1.54) is 5.56 Å². The predicted octanol–water partition coefficient (Wildman–Crippen LogP) is 2.89. The molecule has 0 aliphatic carbocycles. The van der Waals surface area contributed by atoms with Crippen LogP contribution in [0.3, 0.4) is 0 Å². The highest BCUT2D eigenvalue weighted by Crippen LogP contribution is 2.13. The van der Waals surface area contributed by atoms with Crippen LogP contribution in [0.4, 0.5) is 0 Å². The third kappa shape index (κ3) is 2.08. The summed E-state index contributed by atoms with van der Waals surface area (Å²) in [6, 6.07) is 6.13. The van der Waals surface area contributed by atoms with Crippen LogP contribution in [-0.4, -0.2) is 10.9 Å². The Bertz CT molecular complexity index is 329. The quantitative estimate of drug-likeness (QED) is 0.420. The molecule has 0 unspecified atom stereocenters. The molecule has 0 heterocycles. The topological polar surface area (TPSA) is 32.6 Å². The summed E-state index contributed by atoms with van der Waals surface area (Å²) < 4.78 is 0. The lowest BCUT2D eigenvalue weighted by atomic mass is 10.0. The van der Waals surface area contributed by atoms with Crippen molar-refractivity contribution in [3.63, 3.8) is 0 Å². The molecule has 2 nitrogen and oxygen atoms in total. The highest BCUT2D eigenvalue weighted by molar-refractivity contribution is 6.01. The van der Waals surface area contributed by atoms with E-state index >= 15 is 0 Å². The predicted molar refractivity (Wildman–Crippen MR) is 54.5 cm³/mol. The summed E-state index contributed by atoms with van der Waals surface area (Å²) in [5.74, 6) is 0. The normalized spacial score (nSPS) is 11.8. The average molecular weight is 177 g/mol. The van der Waals surface area contributed by atoms with Gasteiger partial charge in [-0.15, -0.1) is 0 Å². The molecular weight excluding hydrogens is 162 g/mol. The Morgan fingerprint density at radius 3 is 2.54 bits per heavy atom. The fourth-order valence-electron chi connectivity index (χ4n) is 1.45. The van der Waals surface area contributed by atoms with Gasteiger partial charge in [0.15, 0.2) is 0 Å². The molecule has 1 aromatic rings. The van der Waals surface area contributed by atoms with Gasteiger partial charge in [-0.05, 0) is 25.8 Å². The molecule has 0 radical (unpaired) electrons. The number of rotatable bonds is 2. The number of hydrogen-bond donors (Lipinski definition) is 1. The standard InChI is InChI=1S/C11H15NO/c1-4-11(12-13)10-6-5-8(2)7-9(10)3/h5-7,13H,4H2,1-3H3/b12-11+. The molecule has 0 aliphatic heterocycles. The summed E-state index contributed by atoms with van der Waals surface area (Å²) in [6.07, 6.45) is 0.750. The van der Waals surface area contributed by atoms with Crippen LogP contribution < -0.4 is 0 Å². The second-order valence-electron chi connectivity index (χ2n) is 3.22. The average Bonchev–Trinajstić information content (AvgIpc) is 2.10. The van der Waals surface area contributed by atoms with Gasteiger partial charge in [0, 0.05) is 5.56 Å². The number of oxime groups is 1. The van der Waals surface area contributed by atoms with E-state index in [0.29, 0.717) is 0 Å². The summed E-state index contributed by atoms with van der Waals surface area (Å²) >= 11 is 0. The molecule has 0 aliphatic rings. The van der Waals surface area contributed by atoms with E-state index in [1.54, 1.807) is 0 Å². The Morgan fingerprint density at radius 1 is 1.38 bits per heavy atom. The molecular formula is C11H15NO. The zero-order chi connectivity index (χ0) is 9.84. The van der Waals surface area contributed by atoms with Gasteiger partial charge in [-0.3, -0.25) is 0 Å². The second-order valence-corrected chi connectivity index (χ2v) is 3.22. The van der Waals surface area contributed by atoms with Crippen molar-refractivity contribution in [2.75, 3.05) is 0 Å². The molecule has 13 heavy (non-hydrogen) atoms. The van der Waals surface area contributed by atoms with E-state index in [9.17, 15) is 0 Å². The van der Waals surface area contributed by atoms with Crippen LogP contribution >= 0.6 is 0 Å². The van der Waals surface area contributed by atoms with Crippen molar-refractivity contribution in [2.45, 2.75) is 27.2 Å². The van der Waals surface area contributed by atoms with Gasteiger partial charge in [-0.25, -0.2) is 0 Å². The number of nitrogens with zero attached hydrogens (tertiary/aromatic N) is 1. The second kappa shape index (κ2) is 4.08. The van der Waals surface area contributed by atoms with Crippen LogP contribution in [0.25, 0.3) is 0 Å². The molecule has 1 aromatic carbocycles. The van der Waals surface area contributed by atoms with Crippen molar-refractivity contribution in [1.29, 1.82) is 0 Å². The van der Waals surface area contributed by atoms with E-state index in [-0.39, 0.29) is 0 Å². The van der Waals surface area contributed by atoms with E-state index < -0.39 is 0 Å². The smallest absolute Gasteiger partial charge is 0.0867 e. The van der Waals surface area contributed by atoms with Crippen LogP contribution in [-0.2, 0) is 0 Å². The highest BCUT2D eigenvalue weighted by atomic mass is 16.4. The van der Waals surface area contributed by atoms with Crippen LogP contribution in [0, 0.1) is 13.8 Å². The summed E-state index contributed by atoms with van der Waals surface area (Å²) in [7, 11) is 0. The molecule has 0 amide bonds. The first kappa shape index (κ1) is 9.78. The maximum atomic E-state index is 8.76. The SMILES string of the molecule is CC/C(=N\O)c1ccc(C)cc1C. The van der Waals surface area contributed by atoms with Crippen LogP contribution in [0.1, 0.15) is 30.0 Å². The monoisotopic (exact) mass is 177 g/mol. The zero-order valence-corrected chi connectivity index (χ0v) is 8.33. The molecule has 70 valence electrons. The Balaban J connectivity index is 3.15. The van der Waals surface area contributed by atoms with Crippen molar-refractivity contribution >= 4 is 5.71 Å². The number of hydrogen-bond acceptors (Lipinski definition) is 2. The number of benzene rings is 1. The van der Waals surface area contributed by atoms with Gasteiger partial charge >= 0.3 is 0 Å². The van der Waals surface area contributed by atoms with Gasteiger partial charge in [0.2, 0.25) is 0 Å². The molecule has 0 saturated carbocycles. The van der Waals surface area contributed by atoms with Gasteiger partial charge in [-0.2, -0.15) is 0 Å². The largest absolute Gasteiger partial charge is 0.411 e. The molecule has 0 atom stereocenters. The molecule has 1 N–H and O–H groups in total. The lowest BCUT2D eigenvalue weighted by Gasteiger charge is -2.06. The fraction of sp³-hybridized carbons (Fsp3) is 0.364. The summed E-state index contributed by atoms with van der Waals surface area (Å²) in [5, 5.41) is 12.0. The third-order valence-corrected chi connectivity index (χ3v) is 2.15. The molecule has 1 rings (SSSR count). The summed E-state index contributed by atoms with van der Waals surface area (Å²) in [5.41, 5.74) is 4.18. The molecule has 0 bridgehead atoms. The Labute approximate surface area is 78.9 Å². The first-order valence-electron chi connectivity index (χ1n) is 4.47. The molecule has 0 aromatic heterocycles. The van der Waals surface area contributed by atoms with Gasteiger partial charge in [-0.1, -0.05) is 35.8 Å². The van der Waals surface area contributed by atoms with Crippen molar-refractivity contribution in [1.82, 2.24) is 0 Å². The maximum absolute atomic E-state index is 8.76. The van der Waals surface area contributed by atoms with Crippen LogP contribution in [0.2, 0.25) is 0 Å². The minimum Gasteiger partial charge on any atom is -0.411 e. The van der Waals surface area contributed by atoms with E-state index in [0.717, 1.165) is 23.3 Å². The van der Waals surface area contributed by atoms with Gasteiger partial charge in [0.05, 0.1) is 5.71 Å². The first-order chi connectivity index (χ1) is 6.19. The third-order valence-electron chi connectivity index (χ3n) is 2.15. The van der Waals surface area contributed by atoms with Gasteiger partial charge < -0.3 is 5.21 Å². The van der Waals surface area contributed by atoms with E-state index in [2.05, 4.69) is 18.1 Å². The van der Waals surface area contributed by atoms with E-state index in [1.807, 2.05) is 26.0 Å². The number of aryl methyl sites for hydroxylation is 2. The lowest BCUT2D eigenvalue weighted by Crippen LogP contribution is -2.01. The molecule has 0 fully saturated rings. The van der Waals surface area contributed by atoms with Gasteiger partial charge in [0.1, 0.15) is 0 Å². The van der Waals surface area contributed by atoms with Crippen molar-refractivity contribution < 1.29 is 5.21 Å². The fourth-order valence-corrected chi connectivity index (χ4v) is 1.45. The lowest BCUT2D eigenvalue weighted by molar-refractivity contribution is 0.318. The van der Waals surface area contributed by atoms with Crippen molar-refractivity contribution in [3.05, 3.63) is 34.9 Å². The summed E-state index contributed by atoms with van der Waals surface area (Å²) in [4.78, 5) is 0. The first-order valence-corrected chi connectivity index (χ1v) is 4.47. The maximum Gasteiger partial charge on any atom is 0.0867 e. The molecule has 0 spiro atoms. The highest BCUT2D eigenvalue weighted by Gasteiger charge is 2.04. The van der Waals surface area contributed by atoms with Gasteiger partial charge in [0.25, 0.3) is 0 Å². The summed E-state index contributed by atoms with van der Waals surface area (Å²) in [6.45, 7) is 6.07. The van der Waals surface area contributed by atoms with Crippen LogP contribution in [0.15, 0.2) is 23.4 Å². The molecule has 2 heteroatoms. The Hall–Kier alpha value is -1.31.